The predicted molar refractivity (Wildman–Crippen MR) is 65.8 cm³/mol. The first kappa shape index (κ1) is 11.9. The summed E-state index contributed by atoms with van der Waals surface area (Å²) >= 11 is 1.20. The topological polar surface area (TPSA) is 49.8 Å². The van der Waals surface area contributed by atoms with Crippen molar-refractivity contribution >= 4 is 17.4 Å². The summed E-state index contributed by atoms with van der Waals surface area (Å²) in [4.78, 5) is 1.01. The van der Waals surface area contributed by atoms with Gasteiger partial charge in [0.05, 0.1) is 0 Å². The molecule has 0 saturated carbocycles. The van der Waals surface area contributed by atoms with Crippen molar-refractivity contribution < 1.29 is 0 Å². The SMILES string of the molecule is Cc1cc(SC#N)c(C(C)(C)C)cc1N. The molecule has 3 heteroatoms. The van der Waals surface area contributed by atoms with E-state index in [9.17, 15) is 0 Å². The first-order valence-electron chi connectivity index (χ1n) is 4.83. The molecular weight excluding hydrogens is 204 g/mol. The quantitative estimate of drug-likeness (QED) is 0.448. The molecule has 0 aliphatic rings. The fourth-order valence-corrected chi connectivity index (χ4v) is 2.23. The Kier molecular flexibility index (Phi) is 3.31. The molecule has 15 heavy (non-hydrogen) atoms. The van der Waals surface area contributed by atoms with E-state index < -0.39 is 0 Å². The van der Waals surface area contributed by atoms with Crippen molar-refractivity contribution in [3.05, 3.63) is 23.3 Å². The van der Waals surface area contributed by atoms with Crippen molar-refractivity contribution in [3.8, 4) is 5.40 Å². The summed E-state index contributed by atoms with van der Waals surface area (Å²) in [5.74, 6) is 0. The van der Waals surface area contributed by atoms with Crippen molar-refractivity contribution in [2.24, 2.45) is 0 Å². The normalized spacial score (nSPS) is 11.1. The van der Waals surface area contributed by atoms with Gasteiger partial charge in [0.2, 0.25) is 0 Å². The Morgan fingerprint density at radius 2 is 1.93 bits per heavy atom. The Hall–Kier alpha value is -1.14. The number of nitrogens with zero attached hydrogens (tertiary/aromatic N) is 1. The Morgan fingerprint density at radius 3 is 2.40 bits per heavy atom. The fourth-order valence-electron chi connectivity index (χ4n) is 1.42. The number of thioether (sulfide) groups is 1. The highest BCUT2D eigenvalue weighted by Crippen LogP contribution is 2.34. The number of anilines is 1. The third-order valence-corrected chi connectivity index (χ3v) is 2.98. The molecule has 0 unspecified atom stereocenters. The molecule has 0 amide bonds. The van der Waals surface area contributed by atoms with E-state index in [1.54, 1.807) is 0 Å². The van der Waals surface area contributed by atoms with Crippen LogP contribution in [-0.2, 0) is 5.41 Å². The van der Waals surface area contributed by atoms with Gasteiger partial charge in [-0.25, -0.2) is 0 Å². The minimum atomic E-state index is 0.0149. The summed E-state index contributed by atoms with van der Waals surface area (Å²) in [7, 11) is 0. The molecule has 0 aliphatic carbocycles. The van der Waals surface area contributed by atoms with Gasteiger partial charge in [0, 0.05) is 10.6 Å². The molecule has 1 rings (SSSR count). The van der Waals surface area contributed by atoms with Crippen LogP contribution in [0.4, 0.5) is 5.69 Å². The monoisotopic (exact) mass is 220 g/mol. The number of hydrogen-bond donors (Lipinski definition) is 1. The van der Waals surface area contributed by atoms with Gasteiger partial charge in [0.25, 0.3) is 0 Å². The Bertz CT molecular complexity index is 411. The largest absolute Gasteiger partial charge is 0.399 e. The van der Waals surface area contributed by atoms with Crippen molar-refractivity contribution in [2.45, 2.75) is 38.0 Å². The van der Waals surface area contributed by atoms with Crippen LogP contribution in [0.1, 0.15) is 31.9 Å². The van der Waals surface area contributed by atoms with Crippen LogP contribution in [0.5, 0.6) is 0 Å². The Labute approximate surface area is 95.5 Å². The molecule has 1 aromatic carbocycles. The number of nitriles is 1. The van der Waals surface area contributed by atoms with Crippen LogP contribution in [0.2, 0.25) is 0 Å². The van der Waals surface area contributed by atoms with Crippen molar-refractivity contribution in [2.75, 3.05) is 5.73 Å². The van der Waals surface area contributed by atoms with Gasteiger partial charge >= 0.3 is 0 Å². The van der Waals surface area contributed by atoms with Crippen LogP contribution < -0.4 is 5.73 Å². The Balaban J connectivity index is 3.36. The highest BCUT2D eigenvalue weighted by atomic mass is 32.2. The molecule has 0 aliphatic heterocycles. The maximum atomic E-state index is 8.75. The van der Waals surface area contributed by atoms with Crippen LogP contribution in [0.25, 0.3) is 0 Å². The third-order valence-electron chi connectivity index (χ3n) is 2.33. The summed E-state index contributed by atoms with van der Waals surface area (Å²) < 4.78 is 0. The maximum absolute atomic E-state index is 8.75. The molecule has 1 aromatic rings. The molecule has 0 aromatic heterocycles. The van der Waals surface area contributed by atoms with Gasteiger partial charge in [-0.15, -0.1) is 0 Å². The minimum absolute atomic E-state index is 0.0149. The minimum Gasteiger partial charge on any atom is -0.399 e. The lowest BCUT2D eigenvalue weighted by Gasteiger charge is -2.22. The number of thiocyanates is 1. The van der Waals surface area contributed by atoms with Gasteiger partial charge in [0.1, 0.15) is 5.40 Å². The molecule has 80 valence electrons. The van der Waals surface area contributed by atoms with E-state index in [1.165, 1.54) is 11.8 Å². The molecule has 0 bridgehead atoms. The van der Waals surface area contributed by atoms with E-state index in [0.29, 0.717) is 0 Å². The van der Waals surface area contributed by atoms with Gasteiger partial charge in [-0.05, 0) is 47.4 Å². The van der Waals surface area contributed by atoms with E-state index in [0.717, 1.165) is 21.7 Å². The Morgan fingerprint density at radius 1 is 1.33 bits per heavy atom. The van der Waals surface area contributed by atoms with E-state index >= 15 is 0 Å². The summed E-state index contributed by atoms with van der Waals surface area (Å²) in [5.41, 5.74) is 8.86. The van der Waals surface area contributed by atoms with E-state index in [2.05, 4.69) is 26.2 Å². The van der Waals surface area contributed by atoms with Crippen molar-refractivity contribution in [1.82, 2.24) is 0 Å². The van der Waals surface area contributed by atoms with Gasteiger partial charge in [-0.2, -0.15) is 5.26 Å². The summed E-state index contributed by atoms with van der Waals surface area (Å²) in [5, 5.41) is 10.9. The van der Waals surface area contributed by atoms with E-state index in [4.69, 9.17) is 11.0 Å². The van der Waals surface area contributed by atoms with Crippen LogP contribution in [0.15, 0.2) is 17.0 Å². The molecule has 0 atom stereocenters. The van der Waals surface area contributed by atoms with Crippen molar-refractivity contribution in [3.63, 3.8) is 0 Å². The lowest BCUT2D eigenvalue weighted by molar-refractivity contribution is 0.578. The first-order chi connectivity index (χ1) is 6.86. The highest BCUT2D eigenvalue weighted by Gasteiger charge is 2.19. The molecule has 0 spiro atoms. The fraction of sp³-hybridized carbons (Fsp3) is 0.417. The number of nitrogen functional groups attached to an aromatic ring is 1. The van der Waals surface area contributed by atoms with Crippen LogP contribution >= 0.6 is 11.8 Å². The first-order valence-corrected chi connectivity index (χ1v) is 5.64. The summed E-state index contributed by atoms with van der Waals surface area (Å²) in [6, 6.07) is 3.97. The van der Waals surface area contributed by atoms with Crippen molar-refractivity contribution in [1.29, 1.82) is 5.26 Å². The van der Waals surface area contributed by atoms with Gasteiger partial charge in [0.15, 0.2) is 0 Å². The third kappa shape index (κ3) is 2.66. The van der Waals surface area contributed by atoms with Gasteiger partial charge < -0.3 is 5.73 Å². The molecular formula is C12H16N2S. The number of hydrogen-bond acceptors (Lipinski definition) is 3. The lowest BCUT2D eigenvalue weighted by atomic mass is 9.86. The van der Waals surface area contributed by atoms with Crippen LogP contribution in [-0.4, -0.2) is 0 Å². The highest BCUT2D eigenvalue weighted by molar-refractivity contribution is 8.03. The summed E-state index contributed by atoms with van der Waals surface area (Å²) in [6.45, 7) is 8.33. The molecule has 0 heterocycles. The molecule has 0 fully saturated rings. The number of benzene rings is 1. The van der Waals surface area contributed by atoms with Crippen LogP contribution in [0, 0.1) is 17.6 Å². The van der Waals surface area contributed by atoms with Gasteiger partial charge in [-0.1, -0.05) is 20.8 Å². The lowest BCUT2D eigenvalue weighted by Crippen LogP contribution is -2.13. The number of rotatable bonds is 1. The second-order valence-corrected chi connectivity index (χ2v) is 5.47. The molecule has 0 radical (unpaired) electrons. The van der Waals surface area contributed by atoms with Crippen LogP contribution in [0.3, 0.4) is 0 Å². The average molecular weight is 220 g/mol. The average Bonchev–Trinajstić information content (AvgIpc) is 2.09. The smallest absolute Gasteiger partial charge is 0.138 e. The molecule has 0 saturated heterocycles. The standard InChI is InChI=1S/C12H16N2S/c1-8-5-11(15-7-13)9(6-10(8)14)12(2,3)4/h5-6H,14H2,1-4H3. The zero-order valence-electron chi connectivity index (χ0n) is 9.59. The second-order valence-electron chi connectivity index (χ2n) is 4.65. The van der Waals surface area contributed by atoms with E-state index in [-0.39, 0.29) is 5.41 Å². The summed E-state index contributed by atoms with van der Waals surface area (Å²) in [6.07, 6.45) is 0. The maximum Gasteiger partial charge on any atom is 0.138 e. The van der Waals surface area contributed by atoms with E-state index in [1.807, 2.05) is 19.1 Å². The molecule has 2 nitrogen and oxygen atoms in total. The molecule has 2 N–H and O–H groups in total. The predicted octanol–water partition coefficient (Wildman–Crippen LogP) is 3.45. The second kappa shape index (κ2) is 4.16. The number of nitrogens with two attached hydrogens (primary N) is 1. The number of aryl methyl sites for hydroxylation is 1. The van der Waals surface area contributed by atoms with Gasteiger partial charge in [-0.3, -0.25) is 0 Å². The zero-order valence-corrected chi connectivity index (χ0v) is 10.4. The zero-order chi connectivity index (χ0) is 11.6.